The third kappa shape index (κ3) is 5.05. The smallest absolute Gasteiger partial charge is 0.393 e. The van der Waals surface area contributed by atoms with Gasteiger partial charge in [0.1, 0.15) is 17.6 Å². The van der Waals surface area contributed by atoms with Crippen molar-refractivity contribution < 1.29 is 27.9 Å². The number of anilines is 1. The van der Waals surface area contributed by atoms with Crippen LogP contribution in [0.5, 0.6) is 0 Å². The first kappa shape index (κ1) is 25.9. The lowest BCUT2D eigenvalue weighted by Crippen LogP contribution is -2.46. The van der Waals surface area contributed by atoms with Crippen LogP contribution in [-0.2, 0) is 0 Å². The second kappa shape index (κ2) is 9.86. The van der Waals surface area contributed by atoms with Crippen molar-refractivity contribution in [2.75, 3.05) is 5.32 Å². The molecule has 1 saturated carbocycles. The van der Waals surface area contributed by atoms with Gasteiger partial charge < -0.3 is 20.6 Å². The maximum atomic E-state index is 13.7. The van der Waals surface area contributed by atoms with Gasteiger partial charge in [0.05, 0.1) is 11.0 Å². The number of halogens is 3. The molecule has 2 aliphatic heterocycles. The molecule has 2 amide bonds. The summed E-state index contributed by atoms with van der Waals surface area (Å²) in [4.78, 5) is 37.7. The molecule has 2 bridgehead atoms. The Bertz CT molecular complexity index is 1180. The number of aryl methyl sites for hydroxylation is 1. The number of hydrogen-bond donors (Lipinski definition) is 3. The molecule has 1 aliphatic carbocycles. The van der Waals surface area contributed by atoms with Crippen LogP contribution >= 0.6 is 11.3 Å². The minimum Gasteiger partial charge on any atom is -0.393 e. The lowest BCUT2D eigenvalue weighted by Gasteiger charge is -2.31. The van der Waals surface area contributed by atoms with E-state index in [1.165, 1.54) is 19.2 Å². The van der Waals surface area contributed by atoms with E-state index in [0.29, 0.717) is 28.8 Å². The van der Waals surface area contributed by atoms with Crippen LogP contribution in [0.2, 0.25) is 0 Å². The maximum Gasteiger partial charge on any atom is 0.408 e. The van der Waals surface area contributed by atoms with Crippen LogP contribution in [0.25, 0.3) is 10.4 Å². The Labute approximate surface area is 216 Å². The van der Waals surface area contributed by atoms with E-state index in [1.807, 2.05) is 4.90 Å². The summed E-state index contributed by atoms with van der Waals surface area (Å²) in [5.74, 6) is -0.549. The summed E-state index contributed by atoms with van der Waals surface area (Å²) < 4.78 is 39.7. The average molecular weight is 538 g/mol. The van der Waals surface area contributed by atoms with Crippen LogP contribution in [0, 0.1) is 6.92 Å². The molecule has 2 aromatic heterocycles. The number of hydrogen-bond acceptors (Lipinski definition) is 7. The fraction of sp³-hybridized carbons (Fsp3) is 0.600. The van der Waals surface area contributed by atoms with Crippen molar-refractivity contribution >= 4 is 29.0 Å². The van der Waals surface area contributed by atoms with Gasteiger partial charge in [0, 0.05) is 29.9 Å². The van der Waals surface area contributed by atoms with Crippen molar-refractivity contribution in [2.45, 2.75) is 95.2 Å². The second-order valence-electron chi connectivity index (χ2n) is 10.2. The van der Waals surface area contributed by atoms with Gasteiger partial charge in [0.25, 0.3) is 11.8 Å². The highest BCUT2D eigenvalue weighted by Gasteiger charge is 2.44. The van der Waals surface area contributed by atoms with E-state index in [2.05, 4.69) is 20.6 Å². The SMILES string of the molecule is CC[C@H](Nc1cc(C)c(-c2sc(C(=O)NC3CC(O)C3)nc2C(=O)N2C3CCC2CC3)cn1)C(F)(F)F. The van der Waals surface area contributed by atoms with Crippen molar-refractivity contribution in [3.8, 4) is 10.4 Å². The van der Waals surface area contributed by atoms with E-state index in [0.717, 1.165) is 37.0 Å². The first-order valence-electron chi connectivity index (χ1n) is 12.7. The van der Waals surface area contributed by atoms with Gasteiger partial charge in [0.2, 0.25) is 0 Å². The standard InChI is InChI=1S/C25H30F3N5O3S/c1-3-18(25(26,27)28)31-19-8-12(2)17(11-29-19)21-20(24(36)33-14-4-5-15(33)7-6-14)32-23(37-21)22(35)30-13-9-16(34)10-13/h8,11,13-16,18,34H,3-7,9-10H2,1-2H3,(H,29,31)(H,30,35)/t13?,14?,15?,16?,18-/m0/s1. The molecule has 4 heterocycles. The number of nitrogens with zero attached hydrogens (tertiary/aromatic N) is 3. The molecule has 3 aliphatic rings. The number of fused-ring (bicyclic) bond motifs is 2. The predicted molar refractivity (Wildman–Crippen MR) is 133 cm³/mol. The van der Waals surface area contributed by atoms with E-state index in [-0.39, 0.29) is 47.0 Å². The zero-order chi connectivity index (χ0) is 26.5. The summed E-state index contributed by atoms with van der Waals surface area (Å²) in [6, 6.07) is -0.0128. The molecule has 2 aromatic rings. The van der Waals surface area contributed by atoms with Crippen LogP contribution in [0.1, 0.15) is 77.7 Å². The Kier molecular flexibility index (Phi) is 6.90. The Morgan fingerprint density at radius 2 is 1.86 bits per heavy atom. The van der Waals surface area contributed by atoms with Crippen molar-refractivity contribution in [3.05, 3.63) is 28.5 Å². The van der Waals surface area contributed by atoms with Crippen LogP contribution in [0.4, 0.5) is 19.0 Å². The number of amides is 2. The number of carbonyl (C=O) groups is 2. The number of pyridine rings is 1. The monoisotopic (exact) mass is 537 g/mol. The highest BCUT2D eigenvalue weighted by atomic mass is 32.1. The second-order valence-corrected chi connectivity index (χ2v) is 11.2. The van der Waals surface area contributed by atoms with Gasteiger partial charge in [-0.1, -0.05) is 6.92 Å². The molecule has 0 aromatic carbocycles. The number of aliphatic hydroxyl groups excluding tert-OH is 1. The summed E-state index contributed by atoms with van der Waals surface area (Å²) in [5.41, 5.74) is 1.34. The lowest BCUT2D eigenvalue weighted by molar-refractivity contribution is -0.142. The Morgan fingerprint density at radius 3 is 2.41 bits per heavy atom. The third-order valence-corrected chi connectivity index (χ3v) is 8.73. The molecule has 0 unspecified atom stereocenters. The van der Waals surface area contributed by atoms with Gasteiger partial charge in [-0.3, -0.25) is 9.59 Å². The van der Waals surface area contributed by atoms with Crippen molar-refractivity contribution in [1.29, 1.82) is 0 Å². The lowest BCUT2D eigenvalue weighted by atomic mass is 9.89. The van der Waals surface area contributed by atoms with Crippen molar-refractivity contribution in [3.63, 3.8) is 0 Å². The highest BCUT2D eigenvalue weighted by Crippen LogP contribution is 2.41. The number of nitrogens with one attached hydrogen (secondary N) is 2. The average Bonchev–Trinajstić information content (AvgIpc) is 3.55. The van der Waals surface area contributed by atoms with Crippen LogP contribution in [-0.4, -0.2) is 68.2 Å². The number of alkyl halides is 3. The van der Waals surface area contributed by atoms with Gasteiger partial charge in [0.15, 0.2) is 5.01 Å². The summed E-state index contributed by atoms with van der Waals surface area (Å²) in [7, 11) is 0. The Morgan fingerprint density at radius 1 is 1.22 bits per heavy atom. The fourth-order valence-corrected chi connectivity index (χ4v) is 6.57. The van der Waals surface area contributed by atoms with E-state index < -0.39 is 24.2 Å². The molecule has 2 saturated heterocycles. The molecule has 0 radical (unpaired) electrons. The fourth-order valence-electron chi connectivity index (χ4n) is 5.53. The topological polar surface area (TPSA) is 107 Å². The van der Waals surface area contributed by atoms with Gasteiger partial charge in [-0.2, -0.15) is 13.2 Å². The summed E-state index contributed by atoms with van der Waals surface area (Å²) >= 11 is 1.08. The Hall–Kier alpha value is -2.73. The Balaban J connectivity index is 1.46. The maximum absolute atomic E-state index is 13.7. The molecule has 37 heavy (non-hydrogen) atoms. The van der Waals surface area contributed by atoms with Crippen LogP contribution in [0.15, 0.2) is 12.3 Å². The van der Waals surface area contributed by atoms with Crippen LogP contribution in [0.3, 0.4) is 0 Å². The quantitative estimate of drug-likeness (QED) is 0.487. The van der Waals surface area contributed by atoms with Crippen LogP contribution < -0.4 is 10.6 Å². The van der Waals surface area contributed by atoms with E-state index in [9.17, 15) is 27.9 Å². The van der Waals surface area contributed by atoms with E-state index in [1.54, 1.807) is 6.92 Å². The molecule has 5 rings (SSSR count). The number of aromatic nitrogens is 2. The van der Waals surface area contributed by atoms with Crippen molar-refractivity contribution in [1.82, 2.24) is 20.2 Å². The number of rotatable bonds is 7. The minimum absolute atomic E-state index is 0.0851. The molecule has 3 N–H and O–H groups in total. The normalized spacial score (nSPS) is 25.6. The zero-order valence-electron chi connectivity index (χ0n) is 20.6. The molecular formula is C25H30F3N5O3S. The van der Waals surface area contributed by atoms with E-state index in [4.69, 9.17) is 0 Å². The molecule has 3 fully saturated rings. The first-order valence-corrected chi connectivity index (χ1v) is 13.5. The number of thiazole rings is 1. The molecule has 1 atom stereocenters. The van der Waals surface area contributed by atoms with Gasteiger partial charge in [-0.15, -0.1) is 11.3 Å². The molecule has 0 spiro atoms. The predicted octanol–water partition coefficient (Wildman–Crippen LogP) is 4.29. The largest absolute Gasteiger partial charge is 0.408 e. The zero-order valence-corrected chi connectivity index (χ0v) is 21.5. The third-order valence-electron chi connectivity index (χ3n) is 7.64. The molecular weight excluding hydrogens is 507 g/mol. The summed E-state index contributed by atoms with van der Waals surface area (Å²) in [6.45, 7) is 3.18. The van der Waals surface area contributed by atoms with Gasteiger partial charge >= 0.3 is 6.18 Å². The first-order chi connectivity index (χ1) is 17.5. The molecule has 12 heteroatoms. The van der Waals surface area contributed by atoms with Gasteiger partial charge in [-0.25, -0.2) is 9.97 Å². The molecule has 8 nitrogen and oxygen atoms in total. The van der Waals surface area contributed by atoms with Gasteiger partial charge in [-0.05, 0) is 63.5 Å². The van der Waals surface area contributed by atoms with E-state index >= 15 is 0 Å². The van der Waals surface area contributed by atoms with Crippen molar-refractivity contribution in [2.24, 2.45) is 0 Å². The highest BCUT2D eigenvalue weighted by molar-refractivity contribution is 7.17. The summed E-state index contributed by atoms with van der Waals surface area (Å²) in [6.07, 6.45) is 1.21. The molecule has 200 valence electrons. The summed E-state index contributed by atoms with van der Waals surface area (Å²) in [5, 5.41) is 15.0. The minimum atomic E-state index is -4.41. The number of aliphatic hydroxyl groups is 1. The number of carbonyl (C=O) groups excluding carboxylic acids is 2.